The van der Waals surface area contributed by atoms with Gasteiger partial charge in [0.05, 0.1) is 12.0 Å². The van der Waals surface area contributed by atoms with E-state index >= 15 is 0 Å². The van der Waals surface area contributed by atoms with Gasteiger partial charge < -0.3 is 4.74 Å². The first-order chi connectivity index (χ1) is 5.88. The molecule has 0 aromatic carbocycles. The summed E-state index contributed by atoms with van der Waals surface area (Å²) < 4.78 is 5.11. The molecule has 1 rings (SSSR count). The summed E-state index contributed by atoms with van der Waals surface area (Å²) in [6, 6.07) is 3.96. The van der Waals surface area contributed by atoms with E-state index in [9.17, 15) is 0 Å². The molecule has 1 aromatic heterocycles. The number of methoxy groups -OCH3 is 1. The molecule has 0 saturated carbocycles. The highest BCUT2D eigenvalue weighted by Crippen LogP contribution is 2.26. The molecule has 0 N–H and O–H groups in total. The molecule has 3 heteroatoms. The molecule has 0 bridgehead atoms. The van der Waals surface area contributed by atoms with Gasteiger partial charge in [-0.25, -0.2) is 4.98 Å². The summed E-state index contributed by atoms with van der Waals surface area (Å²) in [5.41, 5.74) is 0. The Morgan fingerprint density at radius 2 is 2.42 bits per heavy atom. The van der Waals surface area contributed by atoms with E-state index in [0.29, 0.717) is 0 Å². The van der Waals surface area contributed by atoms with Crippen LogP contribution in [0, 0.1) is 0 Å². The fourth-order valence-corrected chi connectivity index (χ4v) is 1.71. The lowest BCUT2D eigenvalue weighted by atomic mass is 10.5. The smallest absolute Gasteiger partial charge is 0.227 e. The van der Waals surface area contributed by atoms with Crippen molar-refractivity contribution in [1.82, 2.24) is 4.98 Å². The maximum absolute atomic E-state index is 5.11. The van der Waals surface area contributed by atoms with Crippen LogP contribution in [0.25, 0.3) is 0 Å². The van der Waals surface area contributed by atoms with Gasteiger partial charge in [-0.3, -0.25) is 0 Å². The third-order valence-corrected chi connectivity index (χ3v) is 2.63. The summed E-state index contributed by atoms with van der Waals surface area (Å²) in [7, 11) is 1.65. The Kier molecular flexibility index (Phi) is 3.94. The van der Waals surface area contributed by atoms with Gasteiger partial charge in [0.15, 0.2) is 0 Å². The molecule has 0 saturated heterocycles. The lowest BCUT2D eigenvalue weighted by Gasteiger charge is -2.04. The van der Waals surface area contributed by atoms with Gasteiger partial charge in [0, 0.05) is 6.20 Å². The van der Waals surface area contributed by atoms with Gasteiger partial charge in [0.25, 0.3) is 0 Å². The summed E-state index contributed by atoms with van der Waals surface area (Å²) in [6.45, 7) is 2.16. The first kappa shape index (κ1) is 9.39. The van der Waals surface area contributed by atoms with Gasteiger partial charge in [-0.05, 0) is 24.3 Å². The number of thioether (sulfide) groups is 1. The minimum atomic E-state index is 0.732. The molecular weight excluding hydrogens is 170 g/mol. The third-order valence-electron chi connectivity index (χ3n) is 1.39. The molecule has 0 unspecified atom stereocenters. The van der Waals surface area contributed by atoms with E-state index in [4.69, 9.17) is 4.74 Å². The highest BCUT2D eigenvalue weighted by Gasteiger charge is 2.01. The predicted molar refractivity (Wildman–Crippen MR) is 51.8 cm³/mol. The number of hydrogen-bond donors (Lipinski definition) is 0. The second-order valence-corrected chi connectivity index (χ2v) is 3.50. The summed E-state index contributed by atoms with van der Waals surface area (Å²) in [5, 5.41) is 0. The van der Waals surface area contributed by atoms with Gasteiger partial charge in [0.1, 0.15) is 0 Å². The molecule has 0 aliphatic carbocycles. The standard InChI is InChI=1S/C9H13NOS/c1-3-7-12-8-5-4-6-10-9(8)11-2/h4-6H,3,7H2,1-2H3. The Morgan fingerprint density at radius 3 is 3.08 bits per heavy atom. The van der Waals surface area contributed by atoms with Crippen LogP contribution in [0.2, 0.25) is 0 Å². The number of rotatable bonds is 4. The third kappa shape index (κ3) is 2.41. The van der Waals surface area contributed by atoms with Crippen LogP contribution in [0.5, 0.6) is 5.88 Å². The van der Waals surface area contributed by atoms with Crippen LogP contribution in [0.4, 0.5) is 0 Å². The second kappa shape index (κ2) is 5.04. The molecule has 0 aliphatic rings. The minimum absolute atomic E-state index is 0.732. The molecule has 2 nitrogen and oxygen atoms in total. The number of nitrogens with zero attached hydrogens (tertiary/aromatic N) is 1. The van der Waals surface area contributed by atoms with Crippen molar-refractivity contribution in [1.29, 1.82) is 0 Å². The number of pyridine rings is 1. The summed E-state index contributed by atoms with van der Waals surface area (Å²) in [6.07, 6.45) is 2.91. The fourth-order valence-electron chi connectivity index (χ4n) is 0.851. The lowest BCUT2D eigenvalue weighted by Crippen LogP contribution is -1.89. The van der Waals surface area contributed by atoms with E-state index in [0.717, 1.165) is 16.5 Å². The molecule has 0 amide bonds. The van der Waals surface area contributed by atoms with E-state index < -0.39 is 0 Å². The SMILES string of the molecule is CCCSc1cccnc1OC. The van der Waals surface area contributed by atoms with Crippen LogP contribution in [0.15, 0.2) is 23.2 Å². The largest absolute Gasteiger partial charge is 0.480 e. The van der Waals surface area contributed by atoms with Crippen molar-refractivity contribution in [2.75, 3.05) is 12.9 Å². The predicted octanol–water partition coefficient (Wildman–Crippen LogP) is 2.59. The topological polar surface area (TPSA) is 22.1 Å². The maximum atomic E-state index is 5.11. The van der Waals surface area contributed by atoms with Gasteiger partial charge in [-0.1, -0.05) is 6.92 Å². The van der Waals surface area contributed by atoms with Gasteiger partial charge in [0.2, 0.25) is 5.88 Å². The van der Waals surface area contributed by atoms with Crippen LogP contribution in [0.3, 0.4) is 0 Å². The van der Waals surface area contributed by atoms with E-state index in [1.807, 2.05) is 12.1 Å². The van der Waals surface area contributed by atoms with Crippen LogP contribution in [0.1, 0.15) is 13.3 Å². The average Bonchev–Trinajstić information content (AvgIpc) is 2.15. The van der Waals surface area contributed by atoms with Crippen molar-refractivity contribution < 1.29 is 4.74 Å². The molecule has 1 heterocycles. The molecule has 0 fully saturated rings. The van der Waals surface area contributed by atoms with Crippen molar-refractivity contribution in [2.24, 2.45) is 0 Å². The quantitative estimate of drug-likeness (QED) is 0.670. The Morgan fingerprint density at radius 1 is 1.58 bits per heavy atom. The van der Waals surface area contributed by atoms with E-state index in [1.165, 1.54) is 6.42 Å². The molecule has 12 heavy (non-hydrogen) atoms. The zero-order chi connectivity index (χ0) is 8.81. The normalized spacial score (nSPS) is 9.83. The lowest BCUT2D eigenvalue weighted by molar-refractivity contribution is 0.387. The number of hydrogen-bond acceptors (Lipinski definition) is 3. The first-order valence-corrected chi connectivity index (χ1v) is 4.99. The van der Waals surface area contributed by atoms with E-state index in [-0.39, 0.29) is 0 Å². The molecule has 66 valence electrons. The summed E-state index contributed by atoms with van der Waals surface area (Å²) in [4.78, 5) is 5.23. The number of aromatic nitrogens is 1. The Balaban J connectivity index is 2.68. The Hall–Kier alpha value is -0.700. The average molecular weight is 183 g/mol. The molecule has 0 atom stereocenters. The van der Waals surface area contributed by atoms with Crippen molar-refractivity contribution in [2.45, 2.75) is 18.2 Å². The van der Waals surface area contributed by atoms with Crippen LogP contribution in [-0.2, 0) is 0 Å². The molecule has 0 radical (unpaired) electrons. The maximum Gasteiger partial charge on any atom is 0.227 e. The Labute approximate surface area is 77.3 Å². The van der Waals surface area contributed by atoms with Crippen molar-refractivity contribution in [3.63, 3.8) is 0 Å². The molecule has 0 spiro atoms. The van der Waals surface area contributed by atoms with Crippen LogP contribution >= 0.6 is 11.8 Å². The fraction of sp³-hybridized carbons (Fsp3) is 0.444. The van der Waals surface area contributed by atoms with Crippen molar-refractivity contribution in [3.8, 4) is 5.88 Å². The highest BCUT2D eigenvalue weighted by molar-refractivity contribution is 7.99. The molecule has 1 aromatic rings. The highest BCUT2D eigenvalue weighted by atomic mass is 32.2. The number of ether oxygens (including phenoxy) is 1. The van der Waals surface area contributed by atoms with E-state index in [1.54, 1.807) is 25.1 Å². The van der Waals surface area contributed by atoms with Crippen LogP contribution in [-0.4, -0.2) is 17.8 Å². The summed E-state index contributed by atoms with van der Waals surface area (Å²) >= 11 is 1.78. The van der Waals surface area contributed by atoms with Gasteiger partial charge in [-0.2, -0.15) is 0 Å². The monoisotopic (exact) mass is 183 g/mol. The van der Waals surface area contributed by atoms with Gasteiger partial charge >= 0.3 is 0 Å². The Bertz CT molecular complexity index is 240. The second-order valence-electron chi connectivity index (χ2n) is 2.36. The van der Waals surface area contributed by atoms with Gasteiger partial charge in [-0.15, -0.1) is 11.8 Å². The molecular formula is C9H13NOS. The van der Waals surface area contributed by atoms with E-state index in [2.05, 4.69) is 11.9 Å². The minimum Gasteiger partial charge on any atom is -0.480 e. The zero-order valence-corrected chi connectivity index (χ0v) is 8.23. The van der Waals surface area contributed by atoms with Crippen molar-refractivity contribution in [3.05, 3.63) is 18.3 Å². The molecule has 0 aliphatic heterocycles. The zero-order valence-electron chi connectivity index (χ0n) is 7.41. The summed E-state index contributed by atoms with van der Waals surface area (Å²) in [5.74, 6) is 1.85. The van der Waals surface area contributed by atoms with Crippen molar-refractivity contribution >= 4 is 11.8 Å². The first-order valence-electron chi connectivity index (χ1n) is 4.00. The van der Waals surface area contributed by atoms with Crippen LogP contribution < -0.4 is 4.74 Å².